The molecule has 0 aliphatic heterocycles. The summed E-state index contributed by atoms with van der Waals surface area (Å²) in [5, 5.41) is 1.95. The van der Waals surface area contributed by atoms with Gasteiger partial charge in [0.05, 0.1) is 0 Å². The molecule has 0 fully saturated rings. The van der Waals surface area contributed by atoms with Crippen molar-refractivity contribution in [1.82, 2.24) is 9.97 Å². The summed E-state index contributed by atoms with van der Waals surface area (Å²) in [5.74, 6) is 0.0998. The fraction of sp³-hybridized carbons (Fsp3) is 0.0833. The molecule has 0 unspecified atom stereocenters. The van der Waals surface area contributed by atoms with Crippen molar-refractivity contribution in [2.75, 3.05) is 0 Å². The van der Waals surface area contributed by atoms with Gasteiger partial charge < -0.3 is 9.97 Å². The van der Waals surface area contributed by atoms with E-state index in [0.29, 0.717) is 0 Å². The molecular formula is C36H26IrN2O-2. The van der Waals surface area contributed by atoms with E-state index in [1.54, 1.807) is 6.20 Å². The van der Waals surface area contributed by atoms with E-state index in [0.717, 1.165) is 61.1 Å². The van der Waals surface area contributed by atoms with Crippen molar-refractivity contribution in [2.24, 2.45) is 0 Å². The van der Waals surface area contributed by atoms with Gasteiger partial charge in [-0.3, -0.25) is 4.79 Å². The van der Waals surface area contributed by atoms with E-state index in [-0.39, 0.29) is 25.9 Å². The number of aryl methyl sites for hydroxylation is 3. The van der Waals surface area contributed by atoms with E-state index in [1.165, 1.54) is 11.1 Å². The number of benzene rings is 4. The van der Waals surface area contributed by atoms with Crippen LogP contribution in [0.1, 0.15) is 32.6 Å². The largest absolute Gasteiger partial charge is 0.304 e. The van der Waals surface area contributed by atoms with Crippen molar-refractivity contribution in [3.05, 3.63) is 143 Å². The van der Waals surface area contributed by atoms with E-state index >= 15 is 0 Å². The molecule has 2 aromatic heterocycles. The number of hydrogen-bond donors (Lipinski definition) is 0. The number of fused-ring (bicyclic) bond motifs is 5. The Bertz CT molecular complexity index is 1820. The van der Waals surface area contributed by atoms with Gasteiger partial charge >= 0.3 is 0 Å². The number of carbonyl (C=O) groups is 1. The summed E-state index contributed by atoms with van der Waals surface area (Å²) >= 11 is 0. The van der Waals surface area contributed by atoms with Gasteiger partial charge in [-0.2, -0.15) is 0 Å². The van der Waals surface area contributed by atoms with Crippen LogP contribution in [0.4, 0.5) is 0 Å². The first-order valence-electron chi connectivity index (χ1n) is 13.0. The maximum absolute atomic E-state index is 13.0. The average Bonchev–Trinajstić information content (AvgIpc) is 3.26. The molecule has 0 saturated carbocycles. The normalized spacial score (nSPS) is 11.2. The minimum absolute atomic E-state index is 0. The monoisotopic (exact) mass is 695 g/mol. The minimum atomic E-state index is 0. The Labute approximate surface area is 248 Å². The minimum Gasteiger partial charge on any atom is -0.304 e. The molecule has 0 N–H and O–H groups in total. The summed E-state index contributed by atoms with van der Waals surface area (Å²) in [6, 6.07) is 36.6. The first kappa shape index (κ1) is 27.3. The Morgan fingerprint density at radius 3 is 2.20 bits per heavy atom. The molecule has 4 heteroatoms. The summed E-state index contributed by atoms with van der Waals surface area (Å²) in [6.45, 7) is 6.15. The predicted molar refractivity (Wildman–Crippen MR) is 158 cm³/mol. The van der Waals surface area contributed by atoms with Crippen molar-refractivity contribution in [3.63, 3.8) is 0 Å². The Morgan fingerprint density at radius 1 is 0.675 bits per heavy atom. The Kier molecular flexibility index (Phi) is 7.84. The topological polar surface area (TPSA) is 42.9 Å². The van der Waals surface area contributed by atoms with Crippen LogP contribution < -0.4 is 0 Å². The van der Waals surface area contributed by atoms with Crippen LogP contribution in [0.25, 0.3) is 44.4 Å². The summed E-state index contributed by atoms with van der Waals surface area (Å²) in [4.78, 5) is 22.0. The van der Waals surface area contributed by atoms with E-state index in [1.807, 2.05) is 80.7 Å². The fourth-order valence-electron chi connectivity index (χ4n) is 5.19. The maximum Gasteiger partial charge on any atom is 0.194 e. The zero-order chi connectivity index (χ0) is 26.9. The van der Waals surface area contributed by atoms with Crippen molar-refractivity contribution in [3.8, 4) is 33.6 Å². The molecule has 7 rings (SSSR count). The van der Waals surface area contributed by atoms with Gasteiger partial charge in [0.2, 0.25) is 0 Å². The van der Waals surface area contributed by atoms with Crippen molar-refractivity contribution in [2.45, 2.75) is 20.8 Å². The van der Waals surface area contributed by atoms with Gasteiger partial charge in [-0.1, -0.05) is 62.4 Å². The number of hydrogen-bond acceptors (Lipinski definition) is 3. The van der Waals surface area contributed by atoms with Crippen LogP contribution in [0.3, 0.4) is 0 Å². The van der Waals surface area contributed by atoms with Crippen molar-refractivity contribution in [1.29, 1.82) is 0 Å². The Balaban J connectivity index is 0.000000195. The Hall–Kier alpha value is -4.24. The summed E-state index contributed by atoms with van der Waals surface area (Å²) in [5.41, 5.74) is 10.9. The van der Waals surface area contributed by atoms with E-state index in [4.69, 9.17) is 0 Å². The van der Waals surface area contributed by atoms with E-state index < -0.39 is 0 Å². The molecule has 3 nitrogen and oxygen atoms in total. The molecule has 0 saturated heterocycles. The van der Waals surface area contributed by atoms with Gasteiger partial charge in [-0.05, 0) is 51.8 Å². The zero-order valence-corrected chi connectivity index (χ0v) is 24.8. The molecule has 4 aromatic carbocycles. The number of carbonyl (C=O) groups excluding carboxylic acids is 1. The molecule has 197 valence electrons. The molecule has 0 amide bonds. The second kappa shape index (κ2) is 11.5. The standard InChI is InChI=1S/C24H16NO.C12H10N.Ir/c1-14-11-15(2)13-16(12-14)23-20-8-7-18-17-5-3-4-6-21(17)24(26)22(18)19(20)9-10-25-23;1-10-7-8-12(13-9-10)11-5-3-2-4-6-11;/h3-12H,1-2H3;2-5,7-9H,1H3;/q2*-1;. The number of pyridine rings is 2. The quantitative estimate of drug-likeness (QED) is 0.171. The SMILES string of the molecule is Cc1[c-]c(-c2nccc3c4c(ccc23)-c2ccccc2C4=O)cc(C)c1.Cc1ccc(-c2[c-]cccc2)nc1.[Ir]. The third-order valence-electron chi connectivity index (χ3n) is 6.93. The van der Waals surface area contributed by atoms with Crippen LogP contribution in [0.2, 0.25) is 0 Å². The molecular weight excluding hydrogens is 669 g/mol. The van der Waals surface area contributed by atoms with Crippen LogP contribution in [-0.4, -0.2) is 15.8 Å². The van der Waals surface area contributed by atoms with Gasteiger partial charge in [0.1, 0.15) is 0 Å². The average molecular weight is 695 g/mol. The first-order chi connectivity index (χ1) is 19.0. The molecule has 40 heavy (non-hydrogen) atoms. The number of aromatic nitrogens is 2. The summed E-state index contributed by atoms with van der Waals surface area (Å²) in [7, 11) is 0. The molecule has 2 heterocycles. The molecule has 0 bridgehead atoms. The van der Waals surface area contributed by atoms with Crippen molar-refractivity contribution < 1.29 is 24.9 Å². The van der Waals surface area contributed by atoms with Crippen LogP contribution in [0.5, 0.6) is 0 Å². The fourth-order valence-corrected chi connectivity index (χ4v) is 5.19. The van der Waals surface area contributed by atoms with Crippen LogP contribution in [0.15, 0.2) is 103 Å². The second-order valence-corrected chi connectivity index (χ2v) is 9.87. The van der Waals surface area contributed by atoms with Gasteiger partial charge in [0.15, 0.2) is 5.78 Å². The summed E-state index contributed by atoms with van der Waals surface area (Å²) in [6.07, 6.45) is 3.66. The number of ketones is 1. The maximum atomic E-state index is 13.0. The van der Waals surface area contributed by atoms with Gasteiger partial charge in [-0.25, -0.2) is 0 Å². The summed E-state index contributed by atoms with van der Waals surface area (Å²) < 4.78 is 0. The third kappa shape index (κ3) is 5.16. The first-order valence-corrected chi connectivity index (χ1v) is 13.0. The predicted octanol–water partition coefficient (Wildman–Crippen LogP) is 8.38. The van der Waals surface area contributed by atoms with Crippen LogP contribution in [-0.2, 0) is 20.1 Å². The molecule has 6 aromatic rings. The van der Waals surface area contributed by atoms with E-state index in [2.05, 4.69) is 59.4 Å². The van der Waals surface area contributed by atoms with Crippen LogP contribution >= 0.6 is 0 Å². The smallest absolute Gasteiger partial charge is 0.194 e. The third-order valence-corrected chi connectivity index (χ3v) is 6.93. The molecule has 1 aliphatic carbocycles. The van der Waals surface area contributed by atoms with Crippen LogP contribution in [0, 0.1) is 32.9 Å². The Morgan fingerprint density at radius 2 is 1.48 bits per heavy atom. The number of nitrogens with zero attached hydrogens (tertiary/aromatic N) is 2. The molecule has 0 atom stereocenters. The molecule has 1 aliphatic rings. The zero-order valence-electron chi connectivity index (χ0n) is 22.5. The number of rotatable bonds is 2. The van der Waals surface area contributed by atoms with Crippen molar-refractivity contribution >= 4 is 16.6 Å². The van der Waals surface area contributed by atoms with Gasteiger partial charge in [0.25, 0.3) is 0 Å². The molecule has 0 spiro atoms. The van der Waals surface area contributed by atoms with Gasteiger partial charge in [-0.15, -0.1) is 70.8 Å². The molecule has 1 radical (unpaired) electrons. The van der Waals surface area contributed by atoms with E-state index in [9.17, 15) is 4.79 Å². The van der Waals surface area contributed by atoms with Gasteiger partial charge in [0, 0.05) is 43.6 Å². The second-order valence-electron chi connectivity index (χ2n) is 9.87.